The van der Waals surface area contributed by atoms with Gasteiger partial charge in [0.05, 0.1) is 11.5 Å². The van der Waals surface area contributed by atoms with E-state index in [1.54, 1.807) is 12.3 Å². The van der Waals surface area contributed by atoms with Crippen LogP contribution >= 0.6 is 27.3 Å². The summed E-state index contributed by atoms with van der Waals surface area (Å²) in [6.45, 7) is 3.79. The van der Waals surface area contributed by atoms with Crippen LogP contribution in [0.3, 0.4) is 0 Å². The maximum Gasteiger partial charge on any atom is 0.192 e. The predicted octanol–water partition coefficient (Wildman–Crippen LogP) is 2.44. The molecule has 2 heterocycles. The van der Waals surface area contributed by atoms with Crippen LogP contribution in [-0.2, 0) is 6.54 Å². The molecule has 2 aromatic rings. The van der Waals surface area contributed by atoms with Gasteiger partial charge >= 0.3 is 0 Å². The number of hydrogen-bond donors (Lipinski definition) is 1. The number of carbonyl (C=O) groups excluding carboxylic acids is 1. The lowest BCUT2D eigenvalue weighted by Crippen LogP contribution is -2.18. The molecule has 20 heavy (non-hydrogen) atoms. The van der Waals surface area contributed by atoms with Crippen molar-refractivity contribution in [2.75, 3.05) is 6.61 Å². The molecule has 5 nitrogen and oxygen atoms in total. The maximum atomic E-state index is 11.6. The van der Waals surface area contributed by atoms with E-state index in [1.807, 2.05) is 17.6 Å². The third-order valence-corrected chi connectivity index (χ3v) is 4.47. The molecule has 0 aliphatic carbocycles. The van der Waals surface area contributed by atoms with Gasteiger partial charge in [-0.25, -0.2) is 9.98 Å². The average molecular weight is 356 g/mol. The highest BCUT2D eigenvalue weighted by molar-refractivity contribution is 9.10. The molecular weight excluding hydrogens is 342 g/mol. The van der Waals surface area contributed by atoms with E-state index in [0.29, 0.717) is 22.0 Å². The molecule has 106 valence electrons. The number of carbonyl (C=O) groups is 1. The van der Waals surface area contributed by atoms with E-state index in [9.17, 15) is 4.79 Å². The van der Waals surface area contributed by atoms with Crippen molar-refractivity contribution < 1.29 is 9.90 Å². The second kappa shape index (κ2) is 6.43. The number of thiazole rings is 1. The van der Waals surface area contributed by atoms with Crippen molar-refractivity contribution >= 4 is 38.9 Å². The minimum absolute atomic E-state index is 0.00408. The first-order valence-electron chi connectivity index (χ1n) is 6.01. The topological polar surface area (TPSA) is 67.5 Å². The lowest BCUT2D eigenvalue weighted by atomic mass is 10.3. The van der Waals surface area contributed by atoms with E-state index in [2.05, 4.69) is 25.9 Å². The molecule has 1 N–H and O–H groups in total. The molecule has 0 unspecified atom stereocenters. The van der Waals surface area contributed by atoms with Crippen molar-refractivity contribution in [1.82, 2.24) is 9.55 Å². The molecular formula is C13H14BrN3O2S. The maximum absolute atomic E-state index is 11.6. The van der Waals surface area contributed by atoms with Gasteiger partial charge in [-0.2, -0.15) is 0 Å². The van der Waals surface area contributed by atoms with Crippen LogP contribution in [-0.4, -0.2) is 27.0 Å². The Morgan fingerprint density at radius 3 is 2.85 bits per heavy atom. The first-order valence-corrected chi connectivity index (χ1v) is 7.62. The van der Waals surface area contributed by atoms with Crippen molar-refractivity contribution in [3.63, 3.8) is 0 Å². The standard InChI is InChI=1S/C13H14BrN3O2S/c1-8-12(9(2)19)20-13(17(8)5-6-18)16-11-4-3-10(14)7-15-11/h3-4,7,18H,5-6H2,1-2H3. The van der Waals surface area contributed by atoms with Crippen LogP contribution in [0.5, 0.6) is 0 Å². The number of Topliss-reactive ketones (excluding diaryl/α,β-unsaturated/α-hetero) is 1. The van der Waals surface area contributed by atoms with Crippen LogP contribution in [0.25, 0.3) is 0 Å². The average Bonchev–Trinajstić information content (AvgIpc) is 2.71. The summed E-state index contributed by atoms with van der Waals surface area (Å²) < 4.78 is 2.72. The molecule has 0 spiro atoms. The van der Waals surface area contributed by atoms with Gasteiger partial charge in [-0.05, 0) is 35.0 Å². The highest BCUT2D eigenvalue weighted by Crippen LogP contribution is 2.15. The predicted molar refractivity (Wildman–Crippen MR) is 81.3 cm³/mol. The van der Waals surface area contributed by atoms with Crippen LogP contribution in [0.4, 0.5) is 5.82 Å². The molecule has 0 amide bonds. The van der Waals surface area contributed by atoms with Gasteiger partial charge in [-0.3, -0.25) is 4.79 Å². The molecule has 2 aromatic heterocycles. The highest BCUT2D eigenvalue weighted by atomic mass is 79.9. The van der Waals surface area contributed by atoms with Crippen LogP contribution in [0.15, 0.2) is 27.8 Å². The summed E-state index contributed by atoms with van der Waals surface area (Å²) in [7, 11) is 0. The molecule has 7 heteroatoms. The molecule has 2 rings (SSSR count). The number of aliphatic hydroxyl groups is 1. The largest absolute Gasteiger partial charge is 0.395 e. The van der Waals surface area contributed by atoms with Crippen LogP contribution < -0.4 is 4.80 Å². The summed E-state index contributed by atoms with van der Waals surface area (Å²) in [6.07, 6.45) is 1.67. The van der Waals surface area contributed by atoms with Gasteiger partial charge in [0.1, 0.15) is 0 Å². The van der Waals surface area contributed by atoms with Crippen LogP contribution in [0, 0.1) is 6.92 Å². The molecule has 0 bridgehead atoms. The normalized spacial score (nSPS) is 11.9. The zero-order valence-electron chi connectivity index (χ0n) is 11.1. The number of aromatic nitrogens is 2. The second-order valence-electron chi connectivity index (χ2n) is 4.18. The van der Waals surface area contributed by atoms with E-state index in [0.717, 1.165) is 10.2 Å². The molecule has 0 atom stereocenters. The number of pyridine rings is 1. The van der Waals surface area contributed by atoms with Crippen molar-refractivity contribution in [2.24, 2.45) is 4.99 Å². The van der Waals surface area contributed by atoms with Gasteiger partial charge in [0.2, 0.25) is 0 Å². The van der Waals surface area contributed by atoms with E-state index in [-0.39, 0.29) is 12.4 Å². The van der Waals surface area contributed by atoms with Gasteiger partial charge in [0.15, 0.2) is 16.4 Å². The number of halogens is 1. The quantitative estimate of drug-likeness (QED) is 0.856. The Balaban J connectivity index is 2.57. The summed E-state index contributed by atoms with van der Waals surface area (Å²) in [5, 5.41) is 9.15. The van der Waals surface area contributed by atoms with E-state index < -0.39 is 0 Å². The SMILES string of the molecule is CC(=O)c1sc(=Nc2ccc(Br)cn2)n(CCO)c1C. The number of nitrogens with zero attached hydrogens (tertiary/aromatic N) is 3. The fourth-order valence-corrected chi connectivity index (χ4v) is 3.09. The molecule has 0 aliphatic rings. The summed E-state index contributed by atoms with van der Waals surface area (Å²) >= 11 is 4.64. The third kappa shape index (κ3) is 3.23. The smallest absolute Gasteiger partial charge is 0.192 e. The van der Waals surface area contributed by atoms with Gasteiger partial charge in [-0.15, -0.1) is 0 Å². The van der Waals surface area contributed by atoms with Crippen molar-refractivity contribution in [3.05, 3.63) is 38.2 Å². The Hall–Kier alpha value is -1.31. The number of ketones is 1. The molecule has 0 aliphatic heterocycles. The van der Waals surface area contributed by atoms with Gasteiger partial charge in [-0.1, -0.05) is 11.3 Å². The first kappa shape index (κ1) is 15.1. The first-order chi connectivity index (χ1) is 9.52. The Labute approximate surface area is 128 Å². The zero-order valence-corrected chi connectivity index (χ0v) is 13.5. The molecule has 0 fully saturated rings. The molecule has 0 saturated heterocycles. The van der Waals surface area contributed by atoms with Crippen molar-refractivity contribution in [3.8, 4) is 0 Å². The van der Waals surface area contributed by atoms with Crippen molar-refractivity contribution in [2.45, 2.75) is 20.4 Å². The number of hydrogen-bond acceptors (Lipinski definition) is 5. The minimum Gasteiger partial charge on any atom is -0.395 e. The second-order valence-corrected chi connectivity index (χ2v) is 6.07. The van der Waals surface area contributed by atoms with Gasteiger partial charge in [0, 0.05) is 29.8 Å². The minimum atomic E-state index is -0.00410. The Bertz CT molecular complexity index is 689. The molecule has 0 saturated carbocycles. The summed E-state index contributed by atoms with van der Waals surface area (Å²) in [6, 6.07) is 3.64. The molecule has 0 aromatic carbocycles. The summed E-state index contributed by atoms with van der Waals surface area (Å²) in [5.74, 6) is 0.570. The third-order valence-electron chi connectivity index (χ3n) is 2.72. The molecule has 0 radical (unpaired) electrons. The monoisotopic (exact) mass is 355 g/mol. The van der Waals surface area contributed by atoms with E-state index >= 15 is 0 Å². The fraction of sp³-hybridized carbons (Fsp3) is 0.308. The number of rotatable bonds is 4. The van der Waals surface area contributed by atoms with Gasteiger partial charge < -0.3 is 9.67 Å². The lowest BCUT2D eigenvalue weighted by Gasteiger charge is -2.03. The van der Waals surface area contributed by atoms with Gasteiger partial charge in [0.25, 0.3) is 0 Å². The summed E-state index contributed by atoms with van der Waals surface area (Å²) in [4.78, 5) is 21.6. The Kier molecular flexibility index (Phi) is 4.85. The van der Waals surface area contributed by atoms with E-state index in [1.165, 1.54) is 18.3 Å². The van der Waals surface area contributed by atoms with E-state index in [4.69, 9.17) is 5.11 Å². The fourth-order valence-electron chi connectivity index (χ4n) is 1.79. The zero-order chi connectivity index (χ0) is 14.7. The summed E-state index contributed by atoms with van der Waals surface area (Å²) in [5.41, 5.74) is 0.826. The Morgan fingerprint density at radius 1 is 1.55 bits per heavy atom. The lowest BCUT2D eigenvalue weighted by molar-refractivity contribution is 0.102. The van der Waals surface area contributed by atoms with Crippen molar-refractivity contribution in [1.29, 1.82) is 0 Å². The Morgan fingerprint density at radius 2 is 2.30 bits per heavy atom. The van der Waals surface area contributed by atoms with Crippen LogP contribution in [0.1, 0.15) is 22.3 Å². The number of aliphatic hydroxyl groups excluding tert-OH is 1. The van der Waals surface area contributed by atoms with Crippen LogP contribution in [0.2, 0.25) is 0 Å². The highest BCUT2D eigenvalue weighted by Gasteiger charge is 2.13.